The molecule has 98 valence electrons. The van der Waals surface area contributed by atoms with Crippen LogP contribution in [0.1, 0.15) is 17.2 Å². The largest absolute Gasteiger partial charge is 0.316 e. The fourth-order valence-electron chi connectivity index (χ4n) is 1.68. The number of carbonyl (C=O) groups excluding carboxylic acids is 1. The van der Waals surface area contributed by atoms with Crippen molar-refractivity contribution >= 4 is 27.7 Å². The van der Waals surface area contributed by atoms with Gasteiger partial charge >= 0.3 is 0 Å². The van der Waals surface area contributed by atoms with E-state index in [-0.39, 0.29) is 5.91 Å². The fourth-order valence-corrected chi connectivity index (χ4v) is 2.12. The van der Waals surface area contributed by atoms with Crippen molar-refractivity contribution in [3.63, 3.8) is 0 Å². The van der Waals surface area contributed by atoms with E-state index in [0.29, 0.717) is 5.82 Å². The van der Waals surface area contributed by atoms with Crippen LogP contribution >= 0.6 is 15.9 Å². The lowest BCUT2D eigenvalue weighted by Crippen LogP contribution is -2.28. The predicted octanol–water partition coefficient (Wildman–Crippen LogP) is 2.79. The van der Waals surface area contributed by atoms with E-state index in [2.05, 4.69) is 26.2 Å². The van der Waals surface area contributed by atoms with E-state index in [4.69, 9.17) is 5.73 Å². The Morgan fingerprint density at radius 1 is 1.37 bits per heavy atom. The Hall–Kier alpha value is -1.72. The highest BCUT2D eigenvalue weighted by atomic mass is 79.9. The Kier molecular flexibility index (Phi) is 4.29. The molecule has 2 rings (SSSR count). The van der Waals surface area contributed by atoms with Crippen molar-refractivity contribution < 1.29 is 4.79 Å². The lowest BCUT2D eigenvalue weighted by molar-refractivity contribution is -0.117. The summed E-state index contributed by atoms with van der Waals surface area (Å²) in [5.41, 5.74) is 7.57. The molecular formula is C14H14BrN3O. The van der Waals surface area contributed by atoms with Gasteiger partial charge in [0.1, 0.15) is 11.9 Å². The van der Waals surface area contributed by atoms with Gasteiger partial charge in [-0.1, -0.05) is 30.3 Å². The molecule has 0 fully saturated rings. The summed E-state index contributed by atoms with van der Waals surface area (Å²) in [5.74, 6) is 0.253. The van der Waals surface area contributed by atoms with Gasteiger partial charge in [0.2, 0.25) is 5.91 Å². The Bertz CT molecular complexity index is 586. The highest BCUT2D eigenvalue weighted by molar-refractivity contribution is 9.10. The summed E-state index contributed by atoms with van der Waals surface area (Å²) in [6.45, 7) is 1.88. The average Bonchev–Trinajstić information content (AvgIpc) is 2.42. The summed E-state index contributed by atoms with van der Waals surface area (Å²) in [5, 5.41) is 2.74. The van der Waals surface area contributed by atoms with Crippen molar-refractivity contribution in [1.29, 1.82) is 0 Å². The van der Waals surface area contributed by atoms with Gasteiger partial charge in [-0.3, -0.25) is 4.79 Å². The molecule has 0 radical (unpaired) electrons. The number of halogens is 1. The number of nitrogens with two attached hydrogens (primary N) is 1. The van der Waals surface area contributed by atoms with Crippen molar-refractivity contribution in [3.8, 4) is 0 Å². The fraction of sp³-hybridized carbons (Fsp3) is 0.143. The third kappa shape index (κ3) is 3.39. The van der Waals surface area contributed by atoms with E-state index in [1.165, 1.54) is 0 Å². The third-order valence-electron chi connectivity index (χ3n) is 2.73. The van der Waals surface area contributed by atoms with Crippen LogP contribution in [0, 0.1) is 6.92 Å². The van der Waals surface area contributed by atoms with E-state index in [1.54, 1.807) is 6.20 Å². The number of aromatic nitrogens is 1. The van der Waals surface area contributed by atoms with Crippen LogP contribution in [0.4, 0.5) is 5.82 Å². The van der Waals surface area contributed by atoms with Crippen molar-refractivity contribution in [1.82, 2.24) is 4.98 Å². The molecule has 1 atom stereocenters. The lowest BCUT2D eigenvalue weighted by Gasteiger charge is -2.13. The lowest BCUT2D eigenvalue weighted by atomic mass is 10.1. The first-order chi connectivity index (χ1) is 9.08. The molecule has 0 spiro atoms. The molecule has 2 aromatic rings. The Morgan fingerprint density at radius 3 is 2.68 bits per heavy atom. The minimum absolute atomic E-state index is 0.274. The highest BCUT2D eigenvalue weighted by Gasteiger charge is 2.16. The van der Waals surface area contributed by atoms with Crippen LogP contribution in [-0.2, 0) is 4.79 Å². The number of hydrogen-bond acceptors (Lipinski definition) is 3. The van der Waals surface area contributed by atoms with Crippen molar-refractivity contribution in [2.24, 2.45) is 5.73 Å². The van der Waals surface area contributed by atoms with Gasteiger partial charge in [0, 0.05) is 10.7 Å². The zero-order chi connectivity index (χ0) is 13.8. The number of rotatable bonds is 3. The third-order valence-corrected chi connectivity index (χ3v) is 3.16. The van der Waals surface area contributed by atoms with Crippen LogP contribution in [0.25, 0.3) is 0 Å². The summed E-state index contributed by atoms with van der Waals surface area (Å²) in [7, 11) is 0. The molecule has 0 aliphatic heterocycles. The predicted molar refractivity (Wildman–Crippen MR) is 78.7 cm³/mol. The van der Waals surface area contributed by atoms with Crippen LogP contribution in [0.15, 0.2) is 47.1 Å². The molecule has 0 saturated carbocycles. The summed E-state index contributed by atoms with van der Waals surface area (Å²) < 4.78 is 0.871. The number of anilines is 1. The first kappa shape index (κ1) is 13.7. The zero-order valence-corrected chi connectivity index (χ0v) is 12.0. The quantitative estimate of drug-likeness (QED) is 0.914. The first-order valence-electron chi connectivity index (χ1n) is 5.81. The molecule has 1 aromatic carbocycles. The molecule has 0 bridgehead atoms. The van der Waals surface area contributed by atoms with E-state index >= 15 is 0 Å². The van der Waals surface area contributed by atoms with E-state index in [1.807, 2.05) is 43.3 Å². The SMILES string of the molecule is Cc1cc(Br)cnc1NC(=O)[C@H](N)c1ccccc1. The van der Waals surface area contributed by atoms with Crippen molar-refractivity contribution in [3.05, 3.63) is 58.2 Å². The zero-order valence-electron chi connectivity index (χ0n) is 10.4. The Morgan fingerprint density at radius 2 is 2.05 bits per heavy atom. The van der Waals surface area contributed by atoms with E-state index < -0.39 is 6.04 Å². The molecule has 0 saturated heterocycles. The monoisotopic (exact) mass is 319 g/mol. The van der Waals surface area contributed by atoms with Gasteiger partial charge in [-0.05, 0) is 40.0 Å². The van der Waals surface area contributed by atoms with Gasteiger partial charge in [0.05, 0.1) is 0 Å². The van der Waals surface area contributed by atoms with Gasteiger partial charge in [-0.25, -0.2) is 4.98 Å². The molecule has 1 heterocycles. The highest BCUT2D eigenvalue weighted by Crippen LogP contribution is 2.18. The minimum atomic E-state index is -0.703. The Balaban J connectivity index is 2.13. The summed E-state index contributed by atoms with van der Waals surface area (Å²) in [4.78, 5) is 16.2. The molecule has 0 aliphatic rings. The molecule has 0 unspecified atom stereocenters. The molecule has 3 N–H and O–H groups in total. The van der Waals surface area contributed by atoms with E-state index in [0.717, 1.165) is 15.6 Å². The molecule has 0 aliphatic carbocycles. The maximum atomic E-state index is 12.1. The van der Waals surface area contributed by atoms with Crippen LogP contribution in [0.5, 0.6) is 0 Å². The van der Waals surface area contributed by atoms with Gasteiger partial charge in [-0.15, -0.1) is 0 Å². The number of nitrogens with zero attached hydrogens (tertiary/aromatic N) is 1. The van der Waals surface area contributed by atoms with Gasteiger partial charge in [0.25, 0.3) is 0 Å². The minimum Gasteiger partial charge on any atom is -0.316 e. The summed E-state index contributed by atoms with van der Waals surface area (Å²) in [6.07, 6.45) is 1.64. The standard InChI is InChI=1S/C14H14BrN3O/c1-9-7-11(15)8-17-13(9)18-14(19)12(16)10-5-3-2-4-6-10/h2-8,12H,16H2,1H3,(H,17,18,19)/t12-/m1/s1. The normalized spacial score (nSPS) is 11.9. The average molecular weight is 320 g/mol. The van der Waals surface area contributed by atoms with Gasteiger partial charge in [-0.2, -0.15) is 0 Å². The van der Waals surface area contributed by atoms with Gasteiger partial charge in [0.15, 0.2) is 0 Å². The second kappa shape index (κ2) is 5.95. The number of carbonyl (C=O) groups is 1. The molecule has 1 amide bonds. The van der Waals surface area contributed by atoms with E-state index in [9.17, 15) is 4.79 Å². The van der Waals surface area contributed by atoms with Crippen LogP contribution < -0.4 is 11.1 Å². The first-order valence-corrected chi connectivity index (χ1v) is 6.61. The van der Waals surface area contributed by atoms with Crippen LogP contribution in [0.3, 0.4) is 0 Å². The number of pyridine rings is 1. The van der Waals surface area contributed by atoms with Gasteiger partial charge < -0.3 is 11.1 Å². The molecule has 5 heteroatoms. The molecule has 1 aromatic heterocycles. The van der Waals surface area contributed by atoms with Crippen LogP contribution in [-0.4, -0.2) is 10.9 Å². The molecule has 19 heavy (non-hydrogen) atoms. The van der Waals surface area contributed by atoms with Crippen molar-refractivity contribution in [2.75, 3.05) is 5.32 Å². The number of hydrogen-bond donors (Lipinski definition) is 2. The smallest absolute Gasteiger partial charge is 0.247 e. The topological polar surface area (TPSA) is 68.0 Å². The number of aryl methyl sites for hydroxylation is 1. The van der Waals surface area contributed by atoms with Crippen LogP contribution in [0.2, 0.25) is 0 Å². The van der Waals surface area contributed by atoms with Crippen molar-refractivity contribution in [2.45, 2.75) is 13.0 Å². The maximum Gasteiger partial charge on any atom is 0.247 e. The number of nitrogens with one attached hydrogen (secondary N) is 1. The second-order valence-corrected chi connectivity index (χ2v) is 5.11. The summed E-state index contributed by atoms with van der Waals surface area (Å²) >= 11 is 3.33. The number of amides is 1. The second-order valence-electron chi connectivity index (χ2n) is 4.20. The maximum absolute atomic E-state index is 12.1. The Labute approximate surface area is 120 Å². The summed E-state index contributed by atoms with van der Waals surface area (Å²) in [6, 6.07) is 10.4. The molecular weight excluding hydrogens is 306 g/mol. The number of benzene rings is 1. The molecule has 4 nitrogen and oxygen atoms in total.